The van der Waals surface area contributed by atoms with Crippen LogP contribution in [0.3, 0.4) is 0 Å². The number of pyridine rings is 2. The molecule has 2 aromatic heterocycles. The number of nitrogens with one attached hydrogen (secondary N) is 1. The summed E-state index contributed by atoms with van der Waals surface area (Å²) in [7, 11) is 1.65. The summed E-state index contributed by atoms with van der Waals surface area (Å²) in [6, 6.07) is 6.16. The van der Waals surface area contributed by atoms with E-state index in [9.17, 15) is 0 Å². The van der Waals surface area contributed by atoms with Gasteiger partial charge in [-0.3, -0.25) is 9.97 Å². The zero-order chi connectivity index (χ0) is 14.4. The van der Waals surface area contributed by atoms with Gasteiger partial charge >= 0.3 is 0 Å². The van der Waals surface area contributed by atoms with Gasteiger partial charge in [-0.25, -0.2) is 0 Å². The van der Waals surface area contributed by atoms with E-state index in [1.165, 1.54) is 5.56 Å². The van der Waals surface area contributed by atoms with Gasteiger partial charge in [0.25, 0.3) is 0 Å². The minimum Gasteiger partial charge on any atom is -0.495 e. The highest BCUT2D eigenvalue weighted by atomic mass is 16.5. The van der Waals surface area contributed by atoms with Crippen LogP contribution in [0.15, 0.2) is 36.8 Å². The van der Waals surface area contributed by atoms with Gasteiger partial charge in [0.1, 0.15) is 5.75 Å². The summed E-state index contributed by atoms with van der Waals surface area (Å²) >= 11 is 0. The third-order valence-corrected chi connectivity index (χ3v) is 3.29. The second-order valence-electron chi connectivity index (χ2n) is 4.55. The van der Waals surface area contributed by atoms with E-state index in [0.29, 0.717) is 0 Å². The zero-order valence-corrected chi connectivity index (χ0v) is 12.3. The normalized spacial score (nSPS) is 12.2. The number of rotatable bonds is 6. The number of nitrogens with zero attached hydrogens (tertiary/aromatic N) is 2. The number of methoxy groups -OCH3 is 1. The third-order valence-electron chi connectivity index (χ3n) is 3.29. The summed E-state index contributed by atoms with van der Waals surface area (Å²) in [5.41, 5.74) is 3.38. The van der Waals surface area contributed by atoms with Crippen LogP contribution >= 0.6 is 0 Å². The molecule has 20 heavy (non-hydrogen) atoms. The van der Waals surface area contributed by atoms with Crippen molar-refractivity contribution in [1.29, 1.82) is 0 Å². The third kappa shape index (κ3) is 3.14. The Labute approximate surface area is 120 Å². The average Bonchev–Trinajstić information content (AvgIpc) is 2.52. The van der Waals surface area contributed by atoms with Gasteiger partial charge in [0.05, 0.1) is 25.0 Å². The Morgan fingerprint density at radius 1 is 1.30 bits per heavy atom. The number of aryl methyl sites for hydroxylation is 1. The molecule has 0 saturated carbocycles. The molecule has 2 heterocycles. The molecule has 0 aliphatic rings. The fraction of sp³-hybridized carbons (Fsp3) is 0.375. The SMILES string of the molecule is CCNC(c1cncc(OC)c1)c1ncccc1CC. The summed E-state index contributed by atoms with van der Waals surface area (Å²) in [5, 5.41) is 3.48. The molecule has 0 fully saturated rings. The van der Waals surface area contributed by atoms with Crippen molar-refractivity contribution in [2.75, 3.05) is 13.7 Å². The van der Waals surface area contributed by atoms with Gasteiger partial charge in [0.15, 0.2) is 0 Å². The van der Waals surface area contributed by atoms with Gasteiger partial charge in [-0.2, -0.15) is 0 Å². The summed E-state index contributed by atoms with van der Waals surface area (Å²) in [6.45, 7) is 5.10. The molecule has 1 unspecified atom stereocenters. The largest absolute Gasteiger partial charge is 0.495 e. The topological polar surface area (TPSA) is 47.0 Å². The van der Waals surface area contributed by atoms with Gasteiger partial charge in [0.2, 0.25) is 0 Å². The van der Waals surface area contributed by atoms with E-state index >= 15 is 0 Å². The lowest BCUT2D eigenvalue weighted by Crippen LogP contribution is -2.24. The van der Waals surface area contributed by atoms with Crippen LogP contribution in [0.1, 0.15) is 36.7 Å². The van der Waals surface area contributed by atoms with Crippen LogP contribution < -0.4 is 10.1 Å². The summed E-state index contributed by atoms with van der Waals surface area (Å²) in [5.74, 6) is 0.763. The van der Waals surface area contributed by atoms with Crippen LogP contribution in [0.25, 0.3) is 0 Å². The van der Waals surface area contributed by atoms with Crippen molar-refractivity contribution >= 4 is 0 Å². The predicted octanol–water partition coefficient (Wildman–Crippen LogP) is 2.75. The molecule has 0 saturated heterocycles. The first kappa shape index (κ1) is 14.5. The molecule has 0 aliphatic heterocycles. The fourth-order valence-electron chi connectivity index (χ4n) is 2.29. The number of aromatic nitrogens is 2. The molecule has 0 aromatic carbocycles. The van der Waals surface area contributed by atoms with Crippen molar-refractivity contribution in [3.8, 4) is 5.75 Å². The van der Waals surface area contributed by atoms with Crippen molar-refractivity contribution in [3.05, 3.63) is 53.6 Å². The molecule has 2 rings (SSSR count). The Kier molecular flexibility index (Phi) is 5.07. The molecule has 4 nitrogen and oxygen atoms in total. The van der Waals surface area contributed by atoms with Crippen LogP contribution in [0, 0.1) is 0 Å². The van der Waals surface area contributed by atoms with Crippen LogP contribution in [0.2, 0.25) is 0 Å². The molecule has 0 amide bonds. The van der Waals surface area contributed by atoms with Crippen LogP contribution in [0.5, 0.6) is 5.75 Å². The van der Waals surface area contributed by atoms with Crippen molar-refractivity contribution in [2.45, 2.75) is 26.3 Å². The van der Waals surface area contributed by atoms with E-state index in [-0.39, 0.29) is 6.04 Å². The highest BCUT2D eigenvalue weighted by Crippen LogP contribution is 2.25. The predicted molar refractivity (Wildman–Crippen MR) is 79.9 cm³/mol. The molecule has 0 bridgehead atoms. The molecular weight excluding hydrogens is 250 g/mol. The fourth-order valence-corrected chi connectivity index (χ4v) is 2.29. The highest BCUT2D eigenvalue weighted by molar-refractivity contribution is 5.34. The maximum atomic E-state index is 5.26. The van der Waals surface area contributed by atoms with Crippen molar-refractivity contribution < 1.29 is 4.74 Å². The highest BCUT2D eigenvalue weighted by Gasteiger charge is 2.18. The summed E-state index contributed by atoms with van der Waals surface area (Å²) in [6.07, 6.45) is 6.38. The molecule has 1 atom stereocenters. The lowest BCUT2D eigenvalue weighted by Gasteiger charge is -2.20. The van der Waals surface area contributed by atoms with E-state index in [2.05, 4.69) is 35.2 Å². The first-order valence-corrected chi connectivity index (χ1v) is 6.96. The minimum absolute atomic E-state index is 0.0405. The van der Waals surface area contributed by atoms with Crippen LogP contribution in [0.4, 0.5) is 0 Å². The van der Waals surface area contributed by atoms with Gasteiger partial charge in [-0.15, -0.1) is 0 Å². The Bertz CT molecular complexity index is 557. The maximum Gasteiger partial charge on any atom is 0.137 e. The van der Waals surface area contributed by atoms with Crippen molar-refractivity contribution in [1.82, 2.24) is 15.3 Å². The van der Waals surface area contributed by atoms with Gasteiger partial charge in [-0.1, -0.05) is 19.9 Å². The van der Waals surface area contributed by atoms with E-state index in [0.717, 1.165) is 30.0 Å². The maximum absolute atomic E-state index is 5.26. The Morgan fingerprint density at radius 3 is 2.85 bits per heavy atom. The van der Waals surface area contributed by atoms with E-state index in [1.807, 2.05) is 24.5 Å². The first-order chi connectivity index (χ1) is 9.80. The Hall–Kier alpha value is -1.94. The molecule has 1 N–H and O–H groups in total. The van der Waals surface area contributed by atoms with Crippen LogP contribution in [-0.2, 0) is 6.42 Å². The van der Waals surface area contributed by atoms with Gasteiger partial charge in [0, 0.05) is 12.4 Å². The molecule has 2 aromatic rings. The van der Waals surface area contributed by atoms with Crippen molar-refractivity contribution in [2.24, 2.45) is 0 Å². The minimum atomic E-state index is 0.0405. The molecule has 0 spiro atoms. The standard InChI is InChI=1S/C16H21N3O/c1-4-12-7-6-8-19-15(12)16(18-5-2)13-9-14(20-3)11-17-10-13/h6-11,16,18H,4-5H2,1-3H3. The second kappa shape index (κ2) is 7.01. The van der Waals surface area contributed by atoms with Crippen molar-refractivity contribution in [3.63, 3.8) is 0 Å². The monoisotopic (exact) mass is 271 g/mol. The number of hydrogen-bond acceptors (Lipinski definition) is 4. The zero-order valence-electron chi connectivity index (χ0n) is 12.3. The molecule has 0 aliphatic carbocycles. The van der Waals surface area contributed by atoms with Gasteiger partial charge < -0.3 is 10.1 Å². The summed E-state index contributed by atoms with van der Waals surface area (Å²) < 4.78 is 5.26. The molecular formula is C16H21N3O. The first-order valence-electron chi connectivity index (χ1n) is 6.96. The van der Waals surface area contributed by atoms with E-state index in [4.69, 9.17) is 4.74 Å². The average molecular weight is 271 g/mol. The molecule has 106 valence electrons. The molecule has 0 radical (unpaired) electrons. The quantitative estimate of drug-likeness (QED) is 0.877. The van der Waals surface area contributed by atoms with Gasteiger partial charge in [-0.05, 0) is 36.2 Å². The van der Waals surface area contributed by atoms with Crippen LogP contribution in [-0.4, -0.2) is 23.6 Å². The Morgan fingerprint density at radius 2 is 2.15 bits per heavy atom. The van der Waals surface area contributed by atoms with E-state index in [1.54, 1.807) is 13.3 Å². The number of hydrogen-bond donors (Lipinski definition) is 1. The van der Waals surface area contributed by atoms with E-state index < -0.39 is 0 Å². The second-order valence-corrected chi connectivity index (χ2v) is 4.55. The molecule has 4 heteroatoms. The lowest BCUT2D eigenvalue weighted by molar-refractivity contribution is 0.411. The number of ether oxygens (including phenoxy) is 1. The smallest absolute Gasteiger partial charge is 0.137 e. The summed E-state index contributed by atoms with van der Waals surface area (Å²) in [4.78, 5) is 8.82. The lowest BCUT2D eigenvalue weighted by atomic mass is 9.99. The Balaban J connectivity index is 2.44.